The number of amides is 1. The molecule has 0 atom stereocenters. The van der Waals surface area contributed by atoms with Gasteiger partial charge in [0.15, 0.2) is 11.3 Å². The number of hydrogen-bond acceptors (Lipinski definition) is 7. The van der Waals surface area contributed by atoms with Gasteiger partial charge in [0.1, 0.15) is 12.1 Å². The second-order valence-corrected chi connectivity index (χ2v) is 7.55. The van der Waals surface area contributed by atoms with Gasteiger partial charge in [0.2, 0.25) is 5.88 Å². The molecule has 4 rings (SSSR count). The third-order valence-corrected chi connectivity index (χ3v) is 4.88. The smallest absolute Gasteiger partial charge is 0.275 e. The number of anilines is 1. The maximum atomic E-state index is 13.0. The summed E-state index contributed by atoms with van der Waals surface area (Å²) in [6.45, 7) is 7.39. The monoisotopic (exact) mass is 395 g/mol. The number of aromatic nitrogens is 5. The minimum atomic E-state index is -0.0631. The molecule has 1 aliphatic rings. The third-order valence-electron chi connectivity index (χ3n) is 4.88. The summed E-state index contributed by atoms with van der Waals surface area (Å²) in [6.07, 6.45) is 3.23. The first-order valence-corrected chi connectivity index (χ1v) is 9.79. The van der Waals surface area contributed by atoms with Crippen LogP contribution in [0, 0.1) is 5.92 Å². The van der Waals surface area contributed by atoms with Gasteiger partial charge in [-0.2, -0.15) is 5.10 Å². The molecule has 0 N–H and O–H groups in total. The molecule has 0 aromatic carbocycles. The Bertz CT molecular complexity index is 1010. The molecule has 0 bridgehead atoms. The molecule has 3 aromatic rings. The van der Waals surface area contributed by atoms with E-state index in [1.54, 1.807) is 17.9 Å². The van der Waals surface area contributed by atoms with Crippen LogP contribution >= 0.6 is 0 Å². The lowest BCUT2D eigenvalue weighted by Gasteiger charge is -2.35. The SMILES string of the molecule is CC(C)COc1cc(N2CCN(C(=O)c3nn(C)c4ncccc34)CC2)ncn1. The summed E-state index contributed by atoms with van der Waals surface area (Å²) in [6, 6.07) is 5.57. The predicted molar refractivity (Wildman–Crippen MR) is 109 cm³/mol. The second-order valence-electron chi connectivity index (χ2n) is 7.55. The van der Waals surface area contributed by atoms with E-state index in [1.807, 2.05) is 23.1 Å². The first kappa shape index (κ1) is 19.1. The molecular weight excluding hydrogens is 370 g/mol. The largest absolute Gasteiger partial charge is 0.477 e. The summed E-state index contributed by atoms with van der Waals surface area (Å²) in [5.74, 6) is 1.76. The summed E-state index contributed by atoms with van der Waals surface area (Å²) in [5, 5.41) is 5.18. The molecule has 0 spiro atoms. The molecule has 9 nitrogen and oxygen atoms in total. The molecule has 0 aliphatic carbocycles. The van der Waals surface area contributed by atoms with Crippen LogP contribution in [0.25, 0.3) is 11.0 Å². The van der Waals surface area contributed by atoms with E-state index < -0.39 is 0 Å². The van der Waals surface area contributed by atoms with Crippen LogP contribution in [0.1, 0.15) is 24.3 Å². The standard InChI is InChI=1S/C20H25N7O2/c1-14(2)12-29-17-11-16(22-13-23-17)26-7-9-27(10-8-26)20(28)18-15-5-4-6-21-19(15)25(3)24-18/h4-6,11,13-14H,7-10,12H2,1-3H3. The van der Waals surface area contributed by atoms with Crippen LogP contribution in [0.15, 0.2) is 30.7 Å². The Balaban J connectivity index is 1.43. The van der Waals surface area contributed by atoms with Gasteiger partial charge in [-0.3, -0.25) is 4.79 Å². The lowest BCUT2D eigenvalue weighted by atomic mass is 10.2. The van der Waals surface area contributed by atoms with E-state index in [9.17, 15) is 4.79 Å². The van der Waals surface area contributed by atoms with Gasteiger partial charge < -0.3 is 14.5 Å². The molecule has 9 heteroatoms. The number of carbonyl (C=O) groups is 1. The lowest BCUT2D eigenvalue weighted by molar-refractivity contribution is 0.0741. The Hall–Kier alpha value is -3.23. The second kappa shape index (κ2) is 8.02. The number of rotatable bonds is 5. The van der Waals surface area contributed by atoms with Crippen LogP contribution in [0.3, 0.4) is 0 Å². The zero-order chi connectivity index (χ0) is 20.4. The van der Waals surface area contributed by atoms with Crippen molar-refractivity contribution in [2.45, 2.75) is 13.8 Å². The maximum Gasteiger partial charge on any atom is 0.275 e. The molecule has 29 heavy (non-hydrogen) atoms. The summed E-state index contributed by atoms with van der Waals surface area (Å²) in [4.78, 5) is 29.9. The van der Waals surface area contributed by atoms with E-state index >= 15 is 0 Å². The van der Waals surface area contributed by atoms with Crippen LogP contribution in [0.5, 0.6) is 5.88 Å². The molecule has 0 radical (unpaired) electrons. The molecular formula is C20H25N7O2. The summed E-state index contributed by atoms with van der Waals surface area (Å²) < 4.78 is 7.35. The van der Waals surface area contributed by atoms with Gasteiger partial charge in [-0.1, -0.05) is 13.8 Å². The van der Waals surface area contributed by atoms with Crippen molar-refractivity contribution in [3.05, 3.63) is 36.4 Å². The minimum Gasteiger partial charge on any atom is -0.477 e. The molecule has 1 fully saturated rings. The van der Waals surface area contributed by atoms with Crippen LogP contribution in [0.4, 0.5) is 5.82 Å². The Morgan fingerprint density at radius 3 is 2.72 bits per heavy atom. The van der Waals surface area contributed by atoms with Crippen LogP contribution in [-0.2, 0) is 7.05 Å². The number of pyridine rings is 1. The van der Waals surface area contributed by atoms with Gasteiger partial charge in [-0.15, -0.1) is 0 Å². The number of hydrogen-bond donors (Lipinski definition) is 0. The number of nitrogens with zero attached hydrogens (tertiary/aromatic N) is 7. The normalized spacial score (nSPS) is 14.6. The van der Waals surface area contributed by atoms with Crippen LogP contribution in [0.2, 0.25) is 0 Å². The van der Waals surface area contributed by atoms with E-state index in [2.05, 4.69) is 38.8 Å². The molecule has 1 amide bonds. The number of carbonyl (C=O) groups excluding carboxylic acids is 1. The summed E-state index contributed by atoms with van der Waals surface area (Å²) in [5.41, 5.74) is 1.17. The van der Waals surface area contributed by atoms with E-state index in [1.165, 1.54) is 6.33 Å². The van der Waals surface area contributed by atoms with Crippen molar-refractivity contribution in [1.29, 1.82) is 0 Å². The van der Waals surface area contributed by atoms with E-state index in [-0.39, 0.29) is 5.91 Å². The first-order chi connectivity index (χ1) is 14.0. The molecule has 0 unspecified atom stereocenters. The summed E-state index contributed by atoms with van der Waals surface area (Å²) in [7, 11) is 1.80. The maximum absolute atomic E-state index is 13.0. The van der Waals surface area contributed by atoms with E-state index in [0.29, 0.717) is 55.9 Å². The zero-order valence-corrected chi connectivity index (χ0v) is 16.9. The predicted octanol–water partition coefficient (Wildman–Crippen LogP) is 1.76. The Morgan fingerprint density at radius 1 is 1.17 bits per heavy atom. The van der Waals surface area contributed by atoms with Gasteiger partial charge in [0.25, 0.3) is 5.91 Å². The fourth-order valence-corrected chi connectivity index (χ4v) is 3.37. The topological polar surface area (TPSA) is 89.3 Å². The molecule has 3 aromatic heterocycles. The van der Waals surface area contributed by atoms with Crippen molar-refractivity contribution in [1.82, 2.24) is 29.6 Å². The van der Waals surface area contributed by atoms with Crippen LogP contribution < -0.4 is 9.64 Å². The quantitative estimate of drug-likeness (QED) is 0.650. The first-order valence-electron chi connectivity index (χ1n) is 9.79. The Labute approximate surface area is 169 Å². The Morgan fingerprint density at radius 2 is 1.97 bits per heavy atom. The van der Waals surface area contributed by atoms with E-state index in [4.69, 9.17) is 4.74 Å². The van der Waals surface area contributed by atoms with Crippen molar-refractivity contribution in [3.63, 3.8) is 0 Å². The van der Waals surface area contributed by atoms with E-state index in [0.717, 1.165) is 11.2 Å². The zero-order valence-electron chi connectivity index (χ0n) is 16.9. The fraction of sp³-hybridized carbons (Fsp3) is 0.450. The van der Waals surface area contributed by atoms with Crippen molar-refractivity contribution in [3.8, 4) is 5.88 Å². The van der Waals surface area contributed by atoms with Crippen molar-refractivity contribution in [2.24, 2.45) is 13.0 Å². The fourth-order valence-electron chi connectivity index (χ4n) is 3.37. The van der Waals surface area contributed by atoms with Crippen molar-refractivity contribution < 1.29 is 9.53 Å². The average molecular weight is 395 g/mol. The highest BCUT2D eigenvalue weighted by atomic mass is 16.5. The number of fused-ring (bicyclic) bond motifs is 1. The molecule has 152 valence electrons. The van der Waals surface area contributed by atoms with Crippen molar-refractivity contribution in [2.75, 3.05) is 37.7 Å². The minimum absolute atomic E-state index is 0.0631. The highest BCUT2D eigenvalue weighted by Crippen LogP contribution is 2.21. The number of piperazine rings is 1. The van der Waals surface area contributed by atoms with Gasteiger partial charge in [0.05, 0.1) is 12.0 Å². The molecule has 0 saturated carbocycles. The third kappa shape index (κ3) is 3.98. The van der Waals surface area contributed by atoms with Crippen molar-refractivity contribution >= 4 is 22.8 Å². The van der Waals surface area contributed by atoms with Gasteiger partial charge in [-0.25, -0.2) is 19.6 Å². The number of ether oxygens (including phenoxy) is 1. The van der Waals surface area contributed by atoms with Gasteiger partial charge in [0, 0.05) is 45.5 Å². The molecule has 4 heterocycles. The average Bonchev–Trinajstić information content (AvgIpc) is 3.09. The Kier molecular flexibility index (Phi) is 5.28. The highest BCUT2D eigenvalue weighted by molar-refractivity contribution is 6.04. The highest BCUT2D eigenvalue weighted by Gasteiger charge is 2.26. The van der Waals surface area contributed by atoms with Gasteiger partial charge in [-0.05, 0) is 18.1 Å². The number of aryl methyl sites for hydroxylation is 1. The van der Waals surface area contributed by atoms with Crippen LogP contribution in [-0.4, -0.2) is 68.3 Å². The summed E-state index contributed by atoms with van der Waals surface area (Å²) >= 11 is 0. The lowest BCUT2D eigenvalue weighted by Crippen LogP contribution is -2.49. The molecule has 1 saturated heterocycles. The molecule has 1 aliphatic heterocycles. The van der Waals surface area contributed by atoms with Gasteiger partial charge >= 0.3 is 0 Å².